The van der Waals surface area contributed by atoms with Crippen LogP contribution in [0.3, 0.4) is 0 Å². The van der Waals surface area contributed by atoms with Crippen molar-refractivity contribution in [2.24, 2.45) is 11.8 Å². The number of ether oxygens (including phenoxy) is 1. The maximum Gasteiger partial charge on any atom is 0.332 e. The third-order valence-corrected chi connectivity index (χ3v) is 3.66. The van der Waals surface area contributed by atoms with Crippen LogP contribution in [0, 0.1) is 11.8 Å². The normalized spacial score (nSPS) is 18.0. The molecule has 0 aromatic carbocycles. The van der Waals surface area contributed by atoms with Gasteiger partial charge in [-0.2, -0.15) is 0 Å². The first kappa shape index (κ1) is 17.2. The van der Waals surface area contributed by atoms with Crippen LogP contribution in [0.25, 0.3) is 0 Å². The Kier molecular flexibility index (Phi) is 6.91. The summed E-state index contributed by atoms with van der Waals surface area (Å²) in [5, 5.41) is 18.5. The van der Waals surface area contributed by atoms with Crippen LogP contribution in [0.1, 0.15) is 45.4 Å². The zero-order valence-electron chi connectivity index (χ0n) is 12.2. The summed E-state index contributed by atoms with van der Waals surface area (Å²) in [7, 11) is 0. The van der Waals surface area contributed by atoms with Gasteiger partial charge in [0.15, 0.2) is 0 Å². The van der Waals surface area contributed by atoms with E-state index in [9.17, 15) is 24.6 Å². The molecule has 1 rings (SSSR count). The summed E-state index contributed by atoms with van der Waals surface area (Å²) in [5.41, 5.74) is -0.206. The summed E-state index contributed by atoms with van der Waals surface area (Å²) in [5.74, 6) is -4.57. The molecule has 0 spiro atoms. The number of carboxylic acids is 2. The van der Waals surface area contributed by atoms with Gasteiger partial charge in [0.25, 0.3) is 0 Å². The highest BCUT2D eigenvalue weighted by Crippen LogP contribution is 2.28. The number of esters is 1. The van der Waals surface area contributed by atoms with Crippen molar-refractivity contribution in [1.82, 2.24) is 0 Å². The van der Waals surface area contributed by atoms with Crippen molar-refractivity contribution in [3.63, 3.8) is 0 Å². The van der Waals surface area contributed by atoms with E-state index >= 15 is 0 Å². The quantitative estimate of drug-likeness (QED) is 0.552. The third-order valence-electron chi connectivity index (χ3n) is 3.66. The van der Waals surface area contributed by atoms with Gasteiger partial charge in [0.1, 0.15) is 0 Å². The largest absolute Gasteiger partial charge is 0.481 e. The Balaban J connectivity index is 2.91. The summed E-state index contributed by atoms with van der Waals surface area (Å²) in [4.78, 5) is 34.2. The van der Waals surface area contributed by atoms with E-state index in [1.54, 1.807) is 6.92 Å². The monoisotopic (exact) mass is 298 g/mol. The van der Waals surface area contributed by atoms with E-state index in [4.69, 9.17) is 4.74 Å². The smallest absolute Gasteiger partial charge is 0.332 e. The Morgan fingerprint density at radius 3 is 2.29 bits per heavy atom. The standard InChI is InChI=1S/C15H22O6/c1-2-21-13(16)9-12(15(19)20)11(14(17)18)8-10-6-4-3-5-7-10/h8,10,12H,2-7,9H2,1H3,(H,17,18)(H,19,20). The fourth-order valence-corrected chi connectivity index (χ4v) is 2.61. The molecule has 6 nitrogen and oxygen atoms in total. The van der Waals surface area contributed by atoms with E-state index in [0.29, 0.717) is 0 Å². The Bertz CT molecular complexity index is 420. The van der Waals surface area contributed by atoms with Crippen LogP contribution in [0.5, 0.6) is 0 Å². The van der Waals surface area contributed by atoms with Crippen molar-refractivity contribution >= 4 is 17.9 Å². The Hall–Kier alpha value is -1.85. The molecule has 1 unspecified atom stereocenters. The molecule has 1 saturated carbocycles. The lowest BCUT2D eigenvalue weighted by Gasteiger charge is -2.20. The van der Waals surface area contributed by atoms with Crippen LogP contribution in [-0.4, -0.2) is 34.7 Å². The molecule has 1 aliphatic carbocycles. The summed E-state index contributed by atoms with van der Waals surface area (Å²) in [6, 6.07) is 0. The lowest BCUT2D eigenvalue weighted by molar-refractivity contribution is -0.151. The SMILES string of the molecule is CCOC(=O)CC(C(=O)O)C(=CC1CCCCC1)C(=O)O. The van der Waals surface area contributed by atoms with Gasteiger partial charge in [-0.1, -0.05) is 25.3 Å². The number of rotatable bonds is 7. The minimum Gasteiger partial charge on any atom is -0.481 e. The second-order valence-corrected chi connectivity index (χ2v) is 5.23. The molecule has 0 bridgehead atoms. The third kappa shape index (κ3) is 5.57. The first-order valence-corrected chi connectivity index (χ1v) is 7.29. The number of aliphatic carboxylic acids is 2. The van der Waals surface area contributed by atoms with Crippen LogP contribution in [0.4, 0.5) is 0 Å². The molecular weight excluding hydrogens is 276 g/mol. The molecule has 118 valence electrons. The minimum absolute atomic E-state index is 0.0777. The van der Waals surface area contributed by atoms with E-state index in [0.717, 1.165) is 32.1 Å². The zero-order chi connectivity index (χ0) is 15.8. The van der Waals surface area contributed by atoms with Crippen LogP contribution in [0.2, 0.25) is 0 Å². The van der Waals surface area contributed by atoms with Crippen molar-refractivity contribution < 1.29 is 29.3 Å². The summed E-state index contributed by atoms with van der Waals surface area (Å²) < 4.78 is 4.72. The average molecular weight is 298 g/mol. The molecule has 6 heteroatoms. The molecule has 0 heterocycles. The Morgan fingerprint density at radius 2 is 1.81 bits per heavy atom. The van der Waals surface area contributed by atoms with E-state index in [1.165, 1.54) is 6.08 Å². The molecule has 21 heavy (non-hydrogen) atoms. The molecule has 1 atom stereocenters. The van der Waals surface area contributed by atoms with E-state index in [2.05, 4.69) is 0 Å². The highest BCUT2D eigenvalue weighted by molar-refractivity contribution is 5.95. The molecule has 0 saturated heterocycles. The fourth-order valence-electron chi connectivity index (χ4n) is 2.61. The maximum atomic E-state index is 11.5. The highest BCUT2D eigenvalue weighted by atomic mass is 16.5. The van der Waals surface area contributed by atoms with Gasteiger partial charge in [0.2, 0.25) is 0 Å². The van der Waals surface area contributed by atoms with Gasteiger partial charge in [0, 0.05) is 5.57 Å². The first-order valence-electron chi connectivity index (χ1n) is 7.29. The second-order valence-electron chi connectivity index (χ2n) is 5.23. The molecule has 0 radical (unpaired) electrons. The maximum absolute atomic E-state index is 11.5. The number of hydrogen-bond donors (Lipinski definition) is 2. The van der Waals surface area contributed by atoms with Crippen LogP contribution >= 0.6 is 0 Å². The number of hydrogen-bond acceptors (Lipinski definition) is 4. The van der Waals surface area contributed by atoms with Gasteiger partial charge in [-0.3, -0.25) is 9.59 Å². The van der Waals surface area contributed by atoms with Gasteiger partial charge >= 0.3 is 17.9 Å². The van der Waals surface area contributed by atoms with E-state index in [-0.39, 0.29) is 18.1 Å². The molecule has 0 aromatic rings. The van der Waals surface area contributed by atoms with Crippen LogP contribution < -0.4 is 0 Å². The predicted molar refractivity (Wildman–Crippen MR) is 74.7 cm³/mol. The van der Waals surface area contributed by atoms with Gasteiger partial charge in [-0.15, -0.1) is 0 Å². The molecule has 1 aliphatic rings. The molecular formula is C15H22O6. The molecule has 0 amide bonds. The van der Waals surface area contributed by atoms with Crippen LogP contribution in [0.15, 0.2) is 11.6 Å². The highest BCUT2D eigenvalue weighted by Gasteiger charge is 2.31. The molecule has 1 fully saturated rings. The van der Waals surface area contributed by atoms with Gasteiger partial charge in [-0.25, -0.2) is 4.79 Å². The van der Waals surface area contributed by atoms with Gasteiger partial charge in [0.05, 0.1) is 18.9 Å². The second kappa shape index (κ2) is 8.44. The van der Waals surface area contributed by atoms with Crippen molar-refractivity contribution in [2.75, 3.05) is 6.61 Å². The van der Waals surface area contributed by atoms with Crippen LogP contribution in [-0.2, 0) is 19.1 Å². The fraction of sp³-hybridized carbons (Fsp3) is 0.667. The Morgan fingerprint density at radius 1 is 1.19 bits per heavy atom. The summed E-state index contributed by atoms with van der Waals surface area (Å²) in [6.45, 7) is 1.75. The van der Waals surface area contributed by atoms with Gasteiger partial charge < -0.3 is 14.9 Å². The summed E-state index contributed by atoms with van der Waals surface area (Å²) in [6.07, 6.45) is 5.96. The van der Waals surface area contributed by atoms with Crippen molar-refractivity contribution in [3.8, 4) is 0 Å². The van der Waals surface area contributed by atoms with Crippen molar-refractivity contribution in [3.05, 3.63) is 11.6 Å². The lowest BCUT2D eigenvalue weighted by Crippen LogP contribution is -2.26. The molecule has 0 aromatic heterocycles. The van der Waals surface area contributed by atoms with Gasteiger partial charge in [-0.05, 0) is 25.7 Å². The zero-order valence-corrected chi connectivity index (χ0v) is 12.2. The molecule has 2 N–H and O–H groups in total. The number of allylic oxidation sites excluding steroid dienone is 1. The topological polar surface area (TPSA) is 101 Å². The minimum atomic E-state index is -1.36. The number of carbonyl (C=O) groups excluding carboxylic acids is 1. The van der Waals surface area contributed by atoms with E-state index in [1.807, 2.05) is 0 Å². The van der Waals surface area contributed by atoms with Crippen molar-refractivity contribution in [1.29, 1.82) is 0 Å². The number of carboxylic acid groups (broad SMARTS) is 2. The van der Waals surface area contributed by atoms with E-state index < -0.39 is 30.2 Å². The first-order chi connectivity index (χ1) is 9.95. The predicted octanol–water partition coefficient (Wildman–Crippen LogP) is 2.23. The Labute approximate surface area is 123 Å². The average Bonchev–Trinajstić information content (AvgIpc) is 2.43. The molecule has 0 aliphatic heterocycles. The lowest BCUT2D eigenvalue weighted by atomic mass is 9.85. The summed E-state index contributed by atoms with van der Waals surface area (Å²) >= 11 is 0. The number of carbonyl (C=O) groups is 3. The van der Waals surface area contributed by atoms with Crippen molar-refractivity contribution in [2.45, 2.75) is 45.4 Å².